The number of likely N-dealkylation sites (N-methyl/N-ethyl adjacent to an activating group) is 1. The molecular weight excluding hydrogens is 194 g/mol. The SMILES string of the molecule is CSc1ccccc1CN(C)CCO. The Morgan fingerprint density at radius 3 is 2.71 bits per heavy atom. The van der Waals surface area contributed by atoms with Crippen LogP contribution in [0.1, 0.15) is 5.56 Å². The first-order chi connectivity index (χ1) is 6.77. The van der Waals surface area contributed by atoms with E-state index < -0.39 is 0 Å². The van der Waals surface area contributed by atoms with Crippen LogP contribution in [0.15, 0.2) is 29.2 Å². The number of rotatable bonds is 5. The van der Waals surface area contributed by atoms with Crippen LogP contribution in [0.2, 0.25) is 0 Å². The van der Waals surface area contributed by atoms with E-state index >= 15 is 0 Å². The molecule has 0 aliphatic rings. The van der Waals surface area contributed by atoms with Crippen molar-refractivity contribution in [3.05, 3.63) is 29.8 Å². The molecule has 0 fully saturated rings. The predicted molar refractivity (Wildman–Crippen MR) is 61.6 cm³/mol. The molecule has 1 N–H and O–H groups in total. The first kappa shape index (κ1) is 11.6. The van der Waals surface area contributed by atoms with Crippen LogP contribution < -0.4 is 0 Å². The molecule has 0 atom stereocenters. The van der Waals surface area contributed by atoms with Gasteiger partial charge in [-0.25, -0.2) is 0 Å². The van der Waals surface area contributed by atoms with Crippen molar-refractivity contribution in [3.8, 4) is 0 Å². The zero-order chi connectivity index (χ0) is 10.4. The van der Waals surface area contributed by atoms with E-state index in [0.717, 1.165) is 13.1 Å². The molecule has 0 saturated carbocycles. The van der Waals surface area contributed by atoms with Crippen molar-refractivity contribution in [3.63, 3.8) is 0 Å². The van der Waals surface area contributed by atoms with Gasteiger partial charge in [0.25, 0.3) is 0 Å². The van der Waals surface area contributed by atoms with Crippen LogP contribution in [-0.2, 0) is 6.54 Å². The maximum atomic E-state index is 8.79. The van der Waals surface area contributed by atoms with Crippen LogP contribution in [0.5, 0.6) is 0 Å². The standard InChI is InChI=1S/C11H17NOS/c1-12(7-8-13)9-10-5-3-4-6-11(10)14-2/h3-6,13H,7-9H2,1-2H3. The Hall–Kier alpha value is -0.510. The van der Waals surface area contributed by atoms with Gasteiger partial charge in [0.15, 0.2) is 0 Å². The van der Waals surface area contributed by atoms with E-state index in [-0.39, 0.29) is 6.61 Å². The first-order valence-corrected chi connectivity index (χ1v) is 5.91. The Labute approximate surface area is 89.9 Å². The fourth-order valence-corrected chi connectivity index (χ4v) is 1.98. The molecule has 1 aromatic carbocycles. The third-order valence-electron chi connectivity index (χ3n) is 2.11. The molecule has 0 amide bonds. The van der Waals surface area contributed by atoms with E-state index in [2.05, 4.69) is 35.4 Å². The van der Waals surface area contributed by atoms with E-state index in [1.54, 1.807) is 11.8 Å². The molecule has 0 aromatic heterocycles. The highest BCUT2D eigenvalue weighted by Crippen LogP contribution is 2.20. The summed E-state index contributed by atoms with van der Waals surface area (Å²) in [6.07, 6.45) is 2.09. The summed E-state index contributed by atoms with van der Waals surface area (Å²) >= 11 is 1.77. The van der Waals surface area contributed by atoms with Crippen LogP contribution in [0, 0.1) is 0 Å². The van der Waals surface area contributed by atoms with Gasteiger partial charge in [-0.15, -0.1) is 11.8 Å². The van der Waals surface area contributed by atoms with Gasteiger partial charge >= 0.3 is 0 Å². The lowest BCUT2D eigenvalue weighted by molar-refractivity contribution is 0.216. The summed E-state index contributed by atoms with van der Waals surface area (Å²) in [6.45, 7) is 1.85. The van der Waals surface area contributed by atoms with Crippen molar-refractivity contribution in [2.75, 3.05) is 26.5 Å². The van der Waals surface area contributed by atoms with Gasteiger partial charge in [0.2, 0.25) is 0 Å². The first-order valence-electron chi connectivity index (χ1n) is 4.69. The van der Waals surface area contributed by atoms with Crippen LogP contribution in [0.4, 0.5) is 0 Å². The number of benzene rings is 1. The minimum absolute atomic E-state index is 0.220. The quantitative estimate of drug-likeness (QED) is 0.752. The molecule has 0 aliphatic carbocycles. The largest absolute Gasteiger partial charge is 0.395 e. The van der Waals surface area contributed by atoms with Gasteiger partial charge in [0, 0.05) is 18.0 Å². The van der Waals surface area contributed by atoms with Gasteiger partial charge < -0.3 is 5.11 Å². The fourth-order valence-electron chi connectivity index (χ4n) is 1.37. The molecule has 1 aromatic rings. The summed E-state index contributed by atoms with van der Waals surface area (Å²) in [5.74, 6) is 0. The summed E-state index contributed by atoms with van der Waals surface area (Å²) in [4.78, 5) is 3.44. The van der Waals surface area contributed by atoms with Gasteiger partial charge in [0.1, 0.15) is 0 Å². The topological polar surface area (TPSA) is 23.5 Å². The number of aliphatic hydroxyl groups is 1. The second-order valence-corrected chi connectivity index (χ2v) is 4.12. The monoisotopic (exact) mass is 211 g/mol. The fraction of sp³-hybridized carbons (Fsp3) is 0.455. The second kappa shape index (κ2) is 6.06. The predicted octanol–water partition coefficient (Wildman–Crippen LogP) is 1.83. The lowest BCUT2D eigenvalue weighted by atomic mass is 10.2. The van der Waals surface area contributed by atoms with Crippen molar-refractivity contribution in [1.29, 1.82) is 0 Å². The van der Waals surface area contributed by atoms with E-state index in [1.807, 2.05) is 7.05 Å². The number of aliphatic hydroxyl groups excluding tert-OH is 1. The lowest BCUT2D eigenvalue weighted by Crippen LogP contribution is -2.21. The minimum Gasteiger partial charge on any atom is -0.395 e. The van der Waals surface area contributed by atoms with Gasteiger partial charge in [-0.2, -0.15) is 0 Å². The average Bonchev–Trinajstić information content (AvgIpc) is 2.19. The van der Waals surface area contributed by atoms with E-state index in [9.17, 15) is 0 Å². The number of nitrogens with zero attached hydrogens (tertiary/aromatic N) is 1. The molecule has 0 saturated heterocycles. The summed E-state index contributed by atoms with van der Waals surface area (Å²) in [5.41, 5.74) is 1.33. The van der Waals surface area contributed by atoms with Gasteiger partial charge in [-0.3, -0.25) is 4.90 Å². The summed E-state index contributed by atoms with van der Waals surface area (Å²) in [6, 6.07) is 8.38. The third kappa shape index (κ3) is 3.33. The van der Waals surface area contributed by atoms with Gasteiger partial charge in [-0.1, -0.05) is 18.2 Å². The van der Waals surface area contributed by atoms with Crippen LogP contribution >= 0.6 is 11.8 Å². The number of thioether (sulfide) groups is 1. The van der Waals surface area contributed by atoms with E-state index in [1.165, 1.54) is 10.5 Å². The molecule has 0 bridgehead atoms. The third-order valence-corrected chi connectivity index (χ3v) is 2.95. The van der Waals surface area contributed by atoms with Crippen LogP contribution in [-0.4, -0.2) is 36.5 Å². The summed E-state index contributed by atoms with van der Waals surface area (Å²) < 4.78 is 0. The van der Waals surface area contributed by atoms with Crippen LogP contribution in [0.25, 0.3) is 0 Å². The summed E-state index contributed by atoms with van der Waals surface area (Å²) in [7, 11) is 2.02. The zero-order valence-corrected chi connectivity index (χ0v) is 9.55. The lowest BCUT2D eigenvalue weighted by Gasteiger charge is -2.16. The Balaban J connectivity index is 2.65. The molecule has 0 aliphatic heterocycles. The highest BCUT2D eigenvalue weighted by atomic mass is 32.2. The molecule has 0 heterocycles. The molecule has 2 nitrogen and oxygen atoms in total. The van der Waals surface area contributed by atoms with E-state index in [4.69, 9.17) is 5.11 Å². The normalized spacial score (nSPS) is 10.9. The van der Waals surface area contributed by atoms with E-state index in [0.29, 0.717) is 0 Å². The van der Waals surface area contributed by atoms with Crippen molar-refractivity contribution in [1.82, 2.24) is 4.90 Å². The molecule has 14 heavy (non-hydrogen) atoms. The zero-order valence-electron chi connectivity index (χ0n) is 8.73. The molecule has 3 heteroatoms. The minimum atomic E-state index is 0.220. The molecule has 0 spiro atoms. The summed E-state index contributed by atoms with van der Waals surface area (Å²) in [5, 5.41) is 8.79. The van der Waals surface area contributed by atoms with Crippen molar-refractivity contribution < 1.29 is 5.11 Å². The Bertz CT molecular complexity index is 278. The van der Waals surface area contributed by atoms with Gasteiger partial charge in [-0.05, 0) is 24.9 Å². The van der Waals surface area contributed by atoms with Crippen molar-refractivity contribution >= 4 is 11.8 Å². The maximum absolute atomic E-state index is 8.79. The molecule has 78 valence electrons. The maximum Gasteiger partial charge on any atom is 0.0558 e. The number of hydrogen-bond donors (Lipinski definition) is 1. The highest BCUT2D eigenvalue weighted by Gasteiger charge is 2.03. The van der Waals surface area contributed by atoms with Crippen molar-refractivity contribution in [2.45, 2.75) is 11.4 Å². The Morgan fingerprint density at radius 1 is 1.36 bits per heavy atom. The highest BCUT2D eigenvalue weighted by molar-refractivity contribution is 7.98. The molecule has 0 unspecified atom stereocenters. The van der Waals surface area contributed by atoms with Gasteiger partial charge in [0.05, 0.1) is 6.61 Å². The average molecular weight is 211 g/mol. The van der Waals surface area contributed by atoms with Crippen molar-refractivity contribution in [2.24, 2.45) is 0 Å². The smallest absolute Gasteiger partial charge is 0.0558 e. The Kier molecular flexibility index (Phi) is 5.01. The second-order valence-electron chi connectivity index (χ2n) is 3.27. The molecule has 0 radical (unpaired) electrons. The number of hydrogen-bond acceptors (Lipinski definition) is 3. The Morgan fingerprint density at radius 2 is 2.07 bits per heavy atom. The van der Waals surface area contributed by atoms with Crippen LogP contribution in [0.3, 0.4) is 0 Å². The molecule has 1 rings (SSSR count). The molecular formula is C11H17NOS.